The van der Waals surface area contributed by atoms with E-state index in [9.17, 15) is 14.0 Å². The smallest absolute Gasteiger partial charge is 0.141 e. The van der Waals surface area contributed by atoms with Crippen LogP contribution in [-0.4, -0.2) is 24.1 Å². The summed E-state index contributed by atoms with van der Waals surface area (Å²) >= 11 is 12.7. The maximum absolute atomic E-state index is 13.8. The molecule has 0 spiro atoms. The molecule has 0 radical (unpaired) electrons. The van der Waals surface area contributed by atoms with Crippen molar-refractivity contribution < 1.29 is 8.78 Å². The topological polar surface area (TPSA) is 111 Å². The van der Waals surface area contributed by atoms with Crippen LogP contribution >= 0.6 is 23.2 Å². The number of halogens is 4. The number of nitrogens with zero attached hydrogens (tertiary/aromatic N) is 2. The first-order chi connectivity index (χ1) is 19.8. The van der Waals surface area contributed by atoms with E-state index in [-0.39, 0.29) is 16.4 Å². The zero-order valence-electron chi connectivity index (χ0n) is 21.8. The monoisotopic (exact) mass is 593 g/mol. The molecule has 0 unspecified atom stereocenters. The summed E-state index contributed by atoms with van der Waals surface area (Å²) in [6.45, 7) is 1.86. The molecule has 5 rings (SSSR count). The van der Waals surface area contributed by atoms with E-state index < -0.39 is 11.9 Å². The van der Waals surface area contributed by atoms with E-state index in [0.29, 0.717) is 44.7 Å². The predicted octanol–water partition coefficient (Wildman–Crippen LogP) is 6.73. The normalized spacial score (nSPS) is 14.9. The van der Waals surface area contributed by atoms with Crippen molar-refractivity contribution in [1.82, 2.24) is 15.6 Å². The minimum Gasteiger partial charge on any atom is -0.399 e. The number of nitrogens with two attached hydrogens (primary N) is 1. The van der Waals surface area contributed by atoms with E-state index in [1.165, 1.54) is 36.5 Å². The van der Waals surface area contributed by atoms with Crippen molar-refractivity contribution in [3.05, 3.63) is 105 Å². The summed E-state index contributed by atoms with van der Waals surface area (Å²) in [5.41, 5.74) is 10.0. The van der Waals surface area contributed by atoms with Gasteiger partial charge in [-0.3, -0.25) is 4.98 Å². The van der Waals surface area contributed by atoms with Crippen LogP contribution in [0.3, 0.4) is 0 Å². The quantitative estimate of drug-likeness (QED) is 0.154. The van der Waals surface area contributed by atoms with Crippen LogP contribution in [-0.2, 0) is 0 Å². The Morgan fingerprint density at radius 2 is 1.78 bits per heavy atom. The first-order valence-corrected chi connectivity index (χ1v) is 13.8. The molecule has 11 heteroatoms. The Bertz CT molecular complexity index is 1630. The third-order valence-corrected chi connectivity index (χ3v) is 7.48. The van der Waals surface area contributed by atoms with Crippen molar-refractivity contribution in [3.8, 4) is 6.07 Å². The summed E-state index contributed by atoms with van der Waals surface area (Å²) in [5, 5.41) is 24.0. The van der Waals surface area contributed by atoms with Crippen molar-refractivity contribution in [3.63, 3.8) is 0 Å². The lowest BCUT2D eigenvalue weighted by Gasteiger charge is -2.25. The molecule has 1 atom stereocenters. The molecule has 1 aromatic heterocycles. The fraction of sp³-hybridized carbons (Fsp3) is 0.200. The van der Waals surface area contributed by atoms with Crippen LogP contribution in [0.15, 0.2) is 72.7 Å². The molecule has 0 aliphatic carbocycles. The summed E-state index contributed by atoms with van der Waals surface area (Å²) in [6, 6.07) is 15.7. The summed E-state index contributed by atoms with van der Waals surface area (Å²) in [6.07, 6.45) is 5.16. The number of hydrogen-bond donors (Lipinski definition) is 5. The molecule has 2 heterocycles. The molecule has 6 N–H and O–H groups in total. The van der Waals surface area contributed by atoms with Crippen LogP contribution in [0.25, 0.3) is 10.9 Å². The molecule has 41 heavy (non-hydrogen) atoms. The number of rotatable bonds is 8. The number of hydrogen-bond acceptors (Lipinski definition) is 7. The summed E-state index contributed by atoms with van der Waals surface area (Å²) in [5.74, 6) is -0.915. The SMILES string of the molecule is N#Cc1cnc2c(Cl)cc(N[C@H](/C(N)=C/NC3CCNCC3)c3ccc(F)cc3)cc2c1Nc1ccc(F)c(Cl)c1. The van der Waals surface area contributed by atoms with Gasteiger partial charge in [0.2, 0.25) is 0 Å². The van der Waals surface area contributed by atoms with E-state index in [0.717, 1.165) is 31.5 Å². The molecule has 3 aromatic carbocycles. The lowest BCUT2D eigenvalue weighted by molar-refractivity contribution is 0.418. The van der Waals surface area contributed by atoms with Crippen LogP contribution in [0, 0.1) is 23.0 Å². The summed E-state index contributed by atoms with van der Waals surface area (Å²) in [4.78, 5) is 4.39. The molecule has 210 valence electrons. The van der Waals surface area contributed by atoms with Crippen molar-refractivity contribution in [2.75, 3.05) is 23.7 Å². The summed E-state index contributed by atoms with van der Waals surface area (Å²) in [7, 11) is 0. The molecule has 4 aromatic rings. The molecule has 1 aliphatic heterocycles. The lowest BCUT2D eigenvalue weighted by atomic mass is 10.0. The Morgan fingerprint density at radius 1 is 1.05 bits per heavy atom. The fourth-order valence-corrected chi connectivity index (χ4v) is 5.20. The molecule has 1 fully saturated rings. The number of nitrogens with one attached hydrogen (secondary N) is 4. The zero-order valence-corrected chi connectivity index (χ0v) is 23.3. The predicted molar refractivity (Wildman–Crippen MR) is 160 cm³/mol. The molecule has 1 aliphatic rings. The Kier molecular flexibility index (Phi) is 8.74. The third kappa shape index (κ3) is 6.63. The van der Waals surface area contributed by atoms with Gasteiger partial charge in [-0.2, -0.15) is 5.26 Å². The second kappa shape index (κ2) is 12.6. The van der Waals surface area contributed by atoms with Crippen LogP contribution in [0.1, 0.15) is 30.0 Å². The van der Waals surface area contributed by atoms with Crippen molar-refractivity contribution in [2.45, 2.75) is 24.9 Å². The van der Waals surface area contributed by atoms with Gasteiger partial charge in [0.15, 0.2) is 0 Å². The van der Waals surface area contributed by atoms with Crippen molar-refractivity contribution in [1.29, 1.82) is 5.26 Å². The van der Waals surface area contributed by atoms with Gasteiger partial charge in [0.1, 0.15) is 17.7 Å². The highest BCUT2D eigenvalue weighted by Gasteiger charge is 2.19. The van der Waals surface area contributed by atoms with E-state index in [1.807, 2.05) is 0 Å². The molecule has 0 amide bonds. The number of aromatic nitrogens is 1. The highest BCUT2D eigenvalue weighted by Crippen LogP contribution is 2.37. The number of fused-ring (bicyclic) bond motifs is 1. The van der Waals surface area contributed by atoms with Gasteiger partial charge >= 0.3 is 0 Å². The number of pyridine rings is 1. The number of piperidine rings is 1. The largest absolute Gasteiger partial charge is 0.399 e. The van der Waals surface area contributed by atoms with E-state index in [1.54, 1.807) is 30.5 Å². The molecule has 0 saturated carbocycles. The van der Waals surface area contributed by atoms with Gasteiger partial charge in [0, 0.05) is 35.2 Å². The van der Waals surface area contributed by atoms with Gasteiger partial charge in [0.25, 0.3) is 0 Å². The molecule has 0 bridgehead atoms. The maximum Gasteiger partial charge on any atom is 0.141 e. The van der Waals surface area contributed by atoms with Crippen molar-refractivity contribution in [2.24, 2.45) is 5.73 Å². The molecular weight excluding hydrogens is 567 g/mol. The number of benzene rings is 3. The first-order valence-electron chi connectivity index (χ1n) is 13.0. The first kappa shape index (κ1) is 28.4. The van der Waals surface area contributed by atoms with Gasteiger partial charge in [-0.25, -0.2) is 8.78 Å². The van der Waals surface area contributed by atoms with Crippen LogP contribution < -0.4 is 27.0 Å². The fourth-order valence-electron chi connectivity index (χ4n) is 4.75. The van der Waals surface area contributed by atoms with Crippen LogP contribution in [0.4, 0.5) is 25.8 Å². The second-order valence-corrected chi connectivity index (χ2v) is 10.5. The van der Waals surface area contributed by atoms with E-state index in [2.05, 4.69) is 32.3 Å². The number of nitriles is 1. The Morgan fingerprint density at radius 3 is 2.49 bits per heavy atom. The average molecular weight is 594 g/mol. The molecule has 1 saturated heterocycles. The minimum atomic E-state index is -0.557. The zero-order chi connectivity index (χ0) is 28.9. The van der Waals surface area contributed by atoms with Gasteiger partial charge in [-0.15, -0.1) is 0 Å². The van der Waals surface area contributed by atoms with E-state index in [4.69, 9.17) is 28.9 Å². The maximum atomic E-state index is 13.8. The van der Waals surface area contributed by atoms with Crippen LogP contribution in [0.5, 0.6) is 0 Å². The molecular formula is C30H27Cl2F2N7. The molecule has 7 nitrogen and oxygen atoms in total. The number of anilines is 3. The Labute approximate surface area is 246 Å². The van der Waals surface area contributed by atoms with Gasteiger partial charge < -0.3 is 27.0 Å². The second-order valence-electron chi connectivity index (χ2n) is 9.73. The van der Waals surface area contributed by atoms with Crippen LogP contribution in [0.2, 0.25) is 10.0 Å². The standard InChI is InChI=1S/C30H27Cl2F2N7/c31-24-12-21(5-6-26(24)34)40-28-18(14-35)15-39-30-23(28)11-22(13-25(30)32)41-29(17-1-3-19(33)4-2-17)27(36)16-38-20-7-9-37-10-8-20/h1-6,11-13,15-16,20,29,37-38,41H,7-10,36H2,(H,39,40)/b27-16-/t29-/m0/s1. The van der Waals surface area contributed by atoms with Gasteiger partial charge in [-0.1, -0.05) is 35.3 Å². The van der Waals surface area contributed by atoms with Crippen molar-refractivity contribution >= 4 is 51.2 Å². The van der Waals surface area contributed by atoms with Gasteiger partial charge in [-0.05, 0) is 74.0 Å². The third-order valence-electron chi connectivity index (χ3n) is 6.91. The Hall–Kier alpha value is -4.10. The lowest BCUT2D eigenvalue weighted by Crippen LogP contribution is -2.38. The van der Waals surface area contributed by atoms with E-state index >= 15 is 0 Å². The van der Waals surface area contributed by atoms with Gasteiger partial charge in [0.05, 0.1) is 38.6 Å². The highest BCUT2D eigenvalue weighted by atomic mass is 35.5. The highest BCUT2D eigenvalue weighted by molar-refractivity contribution is 6.36. The summed E-state index contributed by atoms with van der Waals surface area (Å²) < 4.78 is 27.5. The Balaban J connectivity index is 1.53. The minimum absolute atomic E-state index is 0.0604. The average Bonchev–Trinajstić information content (AvgIpc) is 2.98.